The van der Waals surface area contributed by atoms with Crippen LogP contribution >= 0.6 is 0 Å². The van der Waals surface area contributed by atoms with Crippen LogP contribution in [0.3, 0.4) is 0 Å². The molecule has 0 spiro atoms. The van der Waals surface area contributed by atoms with Crippen molar-refractivity contribution >= 4 is 5.71 Å². The van der Waals surface area contributed by atoms with Crippen molar-refractivity contribution in [3.05, 3.63) is 35.6 Å². The van der Waals surface area contributed by atoms with Crippen LogP contribution in [0, 0.1) is 5.82 Å². The highest BCUT2D eigenvalue weighted by Crippen LogP contribution is 2.13. The number of hydrogen-bond acceptors (Lipinski definition) is 5. The summed E-state index contributed by atoms with van der Waals surface area (Å²) in [5, 5.41) is 4.41. The Labute approximate surface area is 162 Å². The Morgan fingerprint density at radius 2 is 1.67 bits per heavy atom. The van der Waals surface area contributed by atoms with Crippen molar-refractivity contribution in [2.24, 2.45) is 5.16 Å². The molecule has 2 saturated heterocycles. The number of oxime groups is 1. The highest BCUT2D eigenvalue weighted by Gasteiger charge is 2.12. The fourth-order valence-corrected chi connectivity index (χ4v) is 3.66. The third kappa shape index (κ3) is 7.20. The van der Waals surface area contributed by atoms with E-state index in [-0.39, 0.29) is 5.82 Å². The summed E-state index contributed by atoms with van der Waals surface area (Å²) in [6, 6.07) is 6.56. The molecule has 0 atom stereocenters. The predicted octanol–water partition coefficient (Wildman–Crippen LogP) is 3.14. The highest BCUT2D eigenvalue weighted by atomic mass is 19.1. The molecule has 0 unspecified atom stereocenters. The summed E-state index contributed by atoms with van der Waals surface area (Å²) in [5.41, 5.74) is 1.86. The van der Waals surface area contributed by atoms with Gasteiger partial charge in [0.1, 0.15) is 12.4 Å². The Morgan fingerprint density at radius 3 is 2.41 bits per heavy atom. The predicted molar refractivity (Wildman–Crippen MR) is 106 cm³/mol. The molecule has 2 aliphatic rings. The van der Waals surface area contributed by atoms with Gasteiger partial charge in [0.25, 0.3) is 0 Å². The van der Waals surface area contributed by atoms with Crippen LogP contribution in [0.4, 0.5) is 4.39 Å². The summed E-state index contributed by atoms with van der Waals surface area (Å²) in [4.78, 5) is 10.5. The topological polar surface area (TPSA) is 37.3 Å². The Kier molecular flexibility index (Phi) is 8.52. The third-order valence-electron chi connectivity index (χ3n) is 5.29. The standard InChI is InChI=1S/C21H32FN3O2/c22-20-8-6-19(7-9-20)21(5-4-12-24-10-2-1-3-11-24)23-27-18-15-25-13-16-26-17-14-25/h6-9H,1-5,10-18H2/b23-21-. The van der Waals surface area contributed by atoms with Crippen LogP contribution in [0.1, 0.15) is 37.7 Å². The van der Waals surface area contributed by atoms with E-state index in [1.54, 1.807) is 12.1 Å². The van der Waals surface area contributed by atoms with Gasteiger partial charge in [-0.05, 0) is 63.0 Å². The lowest BCUT2D eigenvalue weighted by Gasteiger charge is -2.26. The molecule has 0 radical (unpaired) electrons. The fourth-order valence-electron chi connectivity index (χ4n) is 3.66. The first-order chi connectivity index (χ1) is 13.3. The molecular formula is C21H32FN3O2. The number of ether oxygens (including phenoxy) is 1. The SMILES string of the molecule is Fc1ccc(/C(CCCN2CCCCC2)=N\OCCN2CCOCC2)cc1. The lowest BCUT2D eigenvalue weighted by molar-refractivity contribution is 0.0211. The average Bonchev–Trinajstić information content (AvgIpc) is 2.72. The van der Waals surface area contributed by atoms with Crippen molar-refractivity contribution in [3.63, 3.8) is 0 Å². The first-order valence-corrected chi connectivity index (χ1v) is 10.3. The summed E-state index contributed by atoms with van der Waals surface area (Å²) < 4.78 is 18.6. The lowest BCUT2D eigenvalue weighted by atomic mass is 10.0. The number of halogens is 1. The molecular weight excluding hydrogens is 345 g/mol. The van der Waals surface area contributed by atoms with Crippen molar-refractivity contribution < 1.29 is 14.0 Å². The molecule has 3 rings (SSSR count). The maximum atomic E-state index is 13.3. The molecule has 0 bridgehead atoms. The maximum Gasteiger partial charge on any atom is 0.129 e. The molecule has 27 heavy (non-hydrogen) atoms. The van der Waals surface area contributed by atoms with Crippen LogP contribution in [0.5, 0.6) is 0 Å². The van der Waals surface area contributed by atoms with Gasteiger partial charge in [-0.2, -0.15) is 0 Å². The molecule has 0 amide bonds. The Balaban J connectivity index is 1.49. The Hall–Kier alpha value is -1.50. The molecule has 2 aliphatic heterocycles. The maximum absolute atomic E-state index is 13.3. The van der Waals surface area contributed by atoms with E-state index in [1.165, 1.54) is 44.5 Å². The molecule has 2 heterocycles. The van der Waals surface area contributed by atoms with Gasteiger partial charge < -0.3 is 14.5 Å². The van der Waals surface area contributed by atoms with Gasteiger partial charge in [0.2, 0.25) is 0 Å². The van der Waals surface area contributed by atoms with Gasteiger partial charge in [-0.15, -0.1) is 0 Å². The van der Waals surface area contributed by atoms with E-state index in [0.717, 1.165) is 63.5 Å². The van der Waals surface area contributed by atoms with Crippen LogP contribution in [-0.2, 0) is 9.57 Å². The molecule has 0 aliphatic carbocycles. The van der Waals surface area contributed by atoms with Crippen molar-refractivity contribution in [3.8, 4) is 0 Å². The monoisotopic (exact) mass is 377 g/mol. The molecule has 5 nitrogen and oxygen atoms in total. The zero-order valence-electron chi connectivity index (χ0n) is 16.2. The van der Waals surface area contributed by atoms with E-state index in [4.69, 9.17) is 9.57 Å². The van der Waals surface area contributed by atoms with Crippen LogP contribution < -0.4 is 0 Å². The molecule has 2 fully saturated rings. The van der Waals surface area contributed by atoms with E-state index in [9.17, 15) is 4.39 Å². The van der Waals surface area contributed by atoms with Crippen molar-refractivity contribution in [1.29, 1.82) is 0 Å². The largest absolute Gasteiger partial charge is 0.394 e. The zero-order chi connectivity index (χ0) is 18.7. The number of benzene rings is 1. The van der Waals surface area contributed by atoms with E-state index >= 15 is 0 Å². The van der Waals surface area contributed by atoms with Crippen LogP contribution in [-0.4, -0.2) is 74.6 Å². The Bertz CT molecular complexity index is 567. The van der Waals surface area contributed by atoms with Crippen molar-refractivity contribution in [2.45, 2.75) is 32.1 Å². The number of piperidine rings is 1. The molecule has 6 heteroatoms. The normalized spacial score (nSPS) is 20.0. The van der Waals surface area contributed by atoms with Crippen LogP contribution in [0.25, 0.3) is 0 Å². The number of likely N-dealkylation sites (tertiary alicyclic amines) is 1. The van der Waals surface area contributed by atoms with Gasteiger partial charge in [-0.3, -0.25) is 4.90 Å². The minimum absolute atomic E-state index is 0.223. The van der Waals surface area contributed by atoms with Gasteiger partial charge in [-0.1, -0.05) is 23.7 Å². The number of hydrogen-bond donors (Lipinski definition) is 0. The molecule has 1 aromatic carbocycles. The Morgan fingerprint density at radius 1 is 0.963 bits per heavy atom. The number of morpholine rings is 1. The van der Waals surface area contributed by atoms with Gasteiger partial charge >= 0.3 is 0 Å². The van der Waals surface area contributed by atoms with Crippen LogP contribution in [0.2, 0.25) is 0 Å². The first-order valence-electron chi connectivity index (χ1n) is 10.3. The van der Waals surface area contributed by atoms with Crippen LogP contribution in [0.15, 0.2) is 29.4 Å². The molecule has 0 N–H and O–H groups in total. The van der Waals surface area contributed by atoms with E-state index in [0.29, 0.717) is 6.61 Å². The summed E-state index contributed by atoms with van der Waals surface area (Å²) in [7, 11) is 0. The average molecular weight is 378 g/mol. The lowest BCUT2D eigenvalue weighted by Crippen LogP contribution is -2.38. The van der Waals surface area contributed by atoms with Gasteiger partial charge in [0, 0.05) is 19.6 Å². The van der Waals surface area contributed by atoms with E-state index in [1.807, 2.05) is 0 Å². The zero-order valence-corrected chi connectivity index (χ0v) is 16.2. The minimum Gasteiger partial charge on any atom is -0.394 e. The second-order valence-corrected chi connectivity index (χ2v) is 7.34. The molecule has 0 saturated carbocycles. The molecule has 0 aromatic heterocycles. The quantitative estimate of drug-likeness (QED) is 0.376. The number of rotatable bonds is 9. The van der Waals surface area contributed by atoms with Gasteiger partial charge in [0.05, 0.1) is 18.9 Å². The fraction of sp³-hybridized carbons (Fsp3) is 0.667. The second-order valence-electron chi connectivity index (χ2n) is 7.34. The second kappa shape index (κ2) is 11.4. The summed E-state index contributed by atoms with van der Waals surface area (Å²) in [6.45, 7) is 8.42. The smallest absolute Gasteiger partial charge is 0.129 e. The summed E-state index contributed by atoms with van der Waals surface area (Å²) >= 11 is 0. The molecule has 1 aromatic rings. The first kappa shape index (κ1) is 20.2. The third-order valence-corrected chi connectivity index (χ3v) is 5.29. The summed E-state index contributed by atoms with van der Waals surface area (Å²) in [6.07, 6.45) is 5.87. The van der Waals surface area contributed by atoms with Gasteiger partial charge in [0.15, 0.2) is 0 Å². The highest BCUT2D eigenvalue weighted by molar-refractivity contribution is 6.00. The van der Waals surface area contributed by atoms with E-state index in [2.05, 4.69) is 15.0 Å². The van der Waals surface area contributed by atoms with Gasteiger partial charge in [-0.25, -0.2) is 4.39 Å². The number of nitrogens with zero attached hydrogens (tertiary/aromatic N) is 3. The summed E-state index contributed by atoms with van der Waals surface area (Å²) in [5.74, 6) is -0.223. The van der Waals surface area contributed by atoms with E-state index < -0.39 is 0 Å². The van der Waals surface area contributed by atoms with Crippen molar-refractivity contribution in [2.75, 3.05) is 59.1 Å². The minimum atomic E-state index is -0.223. The molecule has 150 valence electrons. The van der Waals surface area contributed by atoms with Crippen molar-refractivity contribution in [1.82, 2.24) is 9.80 Å².